The summed E-state index contributed by atoms with van der Waals surface area (Å²) in [4.78, 5) is 0. The zero-order chi connectivity index (χ0) is 19.8. The molecule has 0 radical (unpaired) electrons. The van der Waals surface area contributed by atoms with Gasteiger partial charge in [-0.25, -0.2) is 0 Å². The van der Waals surface area contributed by atoms with Gasteiger partial charge in [0.05, 0.1) is 6.61 Å². The van der Waals surface area contributed by atoms with Gasteiger partial charge in [0.2, 0.25) is 0 Å². The maximum atomic E-state index is 11.3. The first-order valence-electron chi connectivity index (χ1n) is 9.85. The Morgan fingerprint density at radius 3 is 2.21 bits per heavy atom. The molecule has 5 aromatic rings. The fraction of sp³-hybridized carbons (Fsp3) is 0.111. The number of aliphatic hydroxyl groups is 1. The van der Waals surface area contributed by atoms with E-state index in [9.17, 15) is 5.11 Å². The molecule has 0 aliphatic heterocycles. The number of aliphatic hydroxyl groups excluding tert-OH is 1. The van der Waals surface area contributed by atoms with Crippen molar-refractivity contribution in [3.8, 4) is 0 Å². The molecule has 142 valence electrons. The minimum absolute atomic E-state index is 0.533. The average molecular weight is 378 g/mol. The first-order chi connectivity index (χ1) is 14.3. The zero-order valence-corrected chi connectivity index (χ0v) is 16.3. The van der Waals surface area contributed by atoms with Gasteiger partial charge in [-0.1, -0.05) is 78.9 Å². The van der Waals surface area contributed by atoms with Crippen LogP contribution >= 0.6 is 0 Å². The van der Waals surface area contributed by atoms with E-state index in [1.54, 1.807) is 7.11 Å². The van der Waals surface area contributed by atoms with Gasteiger partial charge in [0, 0.05) is 7.11 Å². The largest absolute Gasteiger partial charge is 0.384 e. The van der Waals surface area contributed by atoms with Crippen molar-refractivity contribution in [1.82, 2.24) is 0 Å². The first kappa shape index (κ1) is 17.9. The quantitative estimate of drug-likeness (QED) is 0.368. The molecule has 2 nitrogen and oxygen atoms in total. The molecule has 0 saturated heterocycles. The van der Waals surface area contributed by atoms with Gasteiger partial charge in [-0.2, -0.15) is 0 Å². The molecule has 2 heteroatoms. The monoisotopic (exact) mass is 378 g/mol. The highest BCUT2D eigenvalue weighted by molar-refractivity contribution is 6.02. The lowest BCUT2D eigenvalue weighted by Crippen LogP contribution is -2.01. The zero-order valence-electron chi connectivity index (χ0n) is 16.3. The lowest BCUT2D eigenvalue weighted by Gasteiger charge is -2.17. The summed E-state index contributed by atoms with van der Waals surface area (Å²) in [5.41, 5.74) is 2.98. The predicted molar refractivity (Wildman–Crippen MR) is 120 cm³/mol. The minimum atomic E-state index is -0.688. The van der Waals surface area contributed by atoms with Gasteiger partial charge in [-0.15, -0.1) is 0 Å². The van der Waals surface area contributed by atoms with Crippen LogP contribution in [0.25, 0.3) is 32.3 Å². The number of rotatable bonds is 4. The van der Waals surface area contributed by atoms with Crippen LogP contribution in [0.2, 0.25) is 0 Å². The van der Waals surface area contributed by atoms with E-state index in [-0.39, 0.29) is 0 Å². The van der Waals surface area contributed by atoms with E-state index in [1.165, 1.54) is 10.8 Å². The Morgan fingerprint density at radius 2 is 1.38 bits per heavy atom. The maximum absolute atomic E-state index is 11.3. The van der Waals surface area contributed by atoms with Crippen LogP contribution in [0.3, 0.4) is 0 Å². The second-order valence-electron chi connectivity index (χ2n) is 7.46. The second-order valence-corrected chi connectivity index (χ2v) is 7.46. The molecule has 0 fully saturated rings. The third-order valence-corrected chi connectivity index (χ3v) is 5.72. The standard InChI is InChI=1S/C27H22O2/c1-29-17-26-23-11-5-3-8-19(23)15-20-13-14-21(16-25(20)26)27(28)24-12-6-9-18-7-2-4-10-22(18)24/h2-16,27-28H,17H2,1H3. The number of fused-ring (bicyclic) bond motifs is 3. The smallest absolute Gasteiger partial charge is 0.105 e. The van der Waals surface area contributed by atoms with Crippen LogP contribution in [-0.2, 0) is 11.3 Å². The fourth-order valence-electron chi connectivity index (χ4n) is 4.31. The van der Waals surface area contributed by atoms with Crippen molar-refractivity contribution in [2.75, 3.05) is 7.11 Å². The number of methoxy groups -OCH3 is 1. The van der Waals surface area contributed by atoms with Crippen LogP contribution < -0.4 is 0 Å². The van der Waals surface area contributed by atoms with Crippen molar-refractivity contribution in [2.45, 2.75) is 12.7 Å². The van der Waals surface area contributed by atoms with Gasteiger partial charge in [0.15, 0.2) is 0 Å². The summed E-state index contributed by atoms with van der Waals surface area (Å²) in [7, 11) is 1.72. The molecule has 1 unspecified atom stereocenters. The summed E-state index contributed by atoms with van der Waals surface area (Å²) in [5.74, 6) is 0. The van der Waals surface area contributed by atoms with Gasteiger partial charge in [0.1, 0.15) is 6.10 Å². The van der Waals surface area contributed by atoms with Crippen LogP contribution in [0.4, 0.5) is 0 Å². The summed E-state index contributed by atoms with van der Waals surface area (Å²) in [6.07, 6.45) is -0.688. The minimum Gasteiger partial charge on any atom is -0.384 e. The summed E-state index contributed by atoms with van der Waals surface area (Å²) in [6, 6.07) is 31.1. The molecule has 1 N–H and O–H groups in total. The van der Waals surface area contributed by atoms with Gasteiger partial charge >= 0.3 is 0 Å². The van der Waals surface area contributed by atoms with Gasteiger partial charge in [0.25, 0.3) is 0 Å². The Morgan fingerprint density at radius 1 is 0.690 bits per heavy atom. The van der Waals surface area contributed by atoms with Crippen LogP contribution in [-0.4, -0.2) is 12.2 Å². The van der Waals surface area contributed by atoms with E-state index in [2.05, 4.69) is 60.7 Å². The molecule has 29 heavy (non-hydrogen) atoms. The highest BCUT2D eigenvalue weighted by Crippen LogP contribution is 2.34. The number of hydrogen-bond donors (Lipinski definition) is 1. The Kier molecular flexibility index (Phi) is 4.51. The van der Waals surface area contributed by atoms with E-state index < -0.39 is 6.10 Å². The maximum Gasteiger partial charge on any atom is 0.105 e. The van der Waals surface area contributed by atoms with Gasteiger partial charge in [-0.05, 0) is 61.1 Å². The Labute approximate surface area is 170 Å². The number of ether oxygens (including phenoxy) is 1. The van der Waals surface area contributed by atoms with Crippen molar-refractivity contribution in [2.24, 2.45) is 0 Å². The molecule has 5 rings (SSSR count). The number of hydrogen-bond acceptors (Lipinski definition) is 2. The summed E-state index contributed by atoms with van der Waals surface area (Å²) >= 11 is 0. The highest BCUT2D eigenvalue weighted by Gasteiger charge is 2.15. The number of benzene rings is 5. The summed E-state index contributed by atoms with van der Waals surface area (Å²) in [6.45, 7) is 0.533. The highest BCUT2D eigenvalue weighted by atomic mass is 16.5. The third kappa shape index (κ3) is 3.07. The van der Waals surface area contributed by atoms with Crippen molar-refractivity contribution in [3.05, 3.63) is 108 Å². The second kappa shape index (κ2) is 7.32. The van der Waals surface area contributed by atoms with E-state index in [0.29, 0.717) is 6.61 Å². The van der Waals surface area contributed by atoms with E-state index in [0.717, 1.165) is 38.2 Å². The van der Waals surface area contributed by atoms with Crippen molar-refractivity contribution in [3.63, 3.8) is 0 Å². The molecule has 5 aromatic carbocycles. The lowest BCUT2D eigenvalue weighted by molar-refractivity contribution is 0.187. The van der Waals surface area contributed by atoms with E-state index >= 15 is 0 Å². The van der Waals surface area contributed by atoms with Gasteiger partial charge in [-0.3, -0.25) is 0 Å². The molecule has 0 amide bonds. The lowest BCUT2D eigenvalue weighted by atomic mass is 9.91. The van der Waals surface area contributed by atoms with Crippen LogP contribution in [0.15, 0.2) is 91.0 Å². The Balaban J connectivity index is 1.71. The van der Waals surface area contributed by atoms with Crippen LogP contribution in [0, 0.1) is 0 Å². The molecule has 0 aromatic heterocycles. The molecular weight excluding hydrogens is 356 g/mol. The molecule has 0 saturated carbocycles. The molecule has 1 atom stereocenters. The van der Waals surface area contributed by atoms with Crippen molar-refractivity contribution >= 4 is 32.3 Å². The predicted octanol–water partition coefficient (Wildman–Crippen LogP) is 6.37. The van der Waals surface area contributed by atoms with E-state index in [1.807, 2.05) is 30.3 Å². The first-order valence-corrected chi connectivity index (χ1v) is 9.85. The van der Waals surface area contributed by atoms with Crippen molar-refractivity contribution in [1.29, 1.82) is 0 Å². The van der Waals surface area contributed by atoms with Crippen LogP contribution in [0.1, 0.15) is 22.8 Å². The molecule has 0 spiro atoms. The Bertz CT molecular complexity index is 1330. The van der Waals surface area contributed by atoms with Gasteiger partial charge < -0.3 is 9.84 Å². The topological polar surface area (TPSA) is 29.5 Å². The molecule has 0 aliphatic carbocycles. The molecule has 0 heterocycles. The van der Waals surface area contributed by atoms with Crippen molar-refractivity contribution < 1.29 is 9.84 Å². The SMILES string of the molecule is COCc1c2ccccc2cc2ccc(C(O)c3cccc4ccccc34)cc12. The summed E-state index contributed by atoms with van der Waals surface area (Å²) < 4.78 is 5.52. The van der Waals surface area contributed by atoms with Crippen LogP contribution in [0.5, 0.6) is 0 Å². The molecule has 0 bridgehead atoms. The Hall–Kier alpha value is -3.20. The molecular formula is C27H22O2. The normalized spacial score (nSPS) is 12.6. The third-order valence-electron chi connectivity index (χ3n) is 5.72. The average Bonchev–Trinajstić information content (AvgIpc) is 2.78. The summed E-state index contributed by atoms with van der Waals surface area (Å²) in [5, 5.41) is 18.1. The van der Waals surface area contributed by atoms with E-state index in [4.69, 9.17) is 4.74 Å². The molecule has 0 aliphatic rings. The fourth-order valence-corrected chi connectivity index (χ4v) is 4.31.